The van der Waals surface area contributed by atoms with Crippen molar-refractivity contribution in [2.45, 2.75) is 31.8 Å². The molecule has 0 radical (unpaired) electrons. The molecule has 1 aromatic carbocycles. The Morgan fingerprint density at radius 2 is 2.21 bits per heavy atom. The minimum Gasteiger partial charge on any atom is -0.508 e. The second-order valence-corrected chi connectivity index (χ2v) is 3.90. The van der Waals surface area contributed by atoms with Gasteiger partial charge in [-0.25, -0.2) is 0 Å². The van der Waals surface area contributed by atoms with E-state index in [1.54, 1.807) is 6.07 Å². The van der Waals surface area contributed by atoms with E-state index in [1.807, 2.05) is 12.1 Å². The van der Waals surface area contributed by atoms with E-state index >= 15 is 0 Å². The Morgan fingerprint density at radius 1 is 1.43 bits per heavy atom. The first kappa shape index (κ1) is 9.34. The van der Waals surface area contributed by atoms with E-state index < -0.39 is 0 Å². The largest absolute Gasteiger partial charge is 0.508 e. The van der Waals surface area contributed by atoms with Gasteiger partial charge in [-0.05, 0) is 18.9 Å². The minimum atomic E-state index is 0.289. The van der Waals surface area contributed by atoms with Crippen LogP contribution in [0.4, 0.5) is 5.69 Å². The summed E-state index contributed by atoms with van der Waals surface area (Å²) in [6, 6.07) is 5.93. The van der Waals surface area contributed by atoms with E-state index in [2.05, 4.69) is 5.32 Å². The van der Waals surface area contributed by atoms with Crippen molar-refractivity contribution in [2.75, 3.05) is 5.73 Å². The SMILES string of the molecule is Nc1ccc(CNC2CCC2)c(O)c1. The fraction of sp³-hybridized carbons (Fsp3) is 0.455. The lowest BCUT2D eigenvalue weighted by Crippen LogP contribution is -2.34. The number of anilines is 1. The highest BCUT2D eigenvalue weighted by atomic mass is 16.3. The molecule has 2 rings (SSSR count). The van der Waals surface area contributed by atoms with E-state index in [-0.39, 0.29) is 5.75 Å². The summed E-state index contributed by atoms with van der Waals surface area (Å²) < 4.78 is 0. The highest BCUT2D eigenvalue weighted by Gasteiger charge is 2.16. The number of nitrogen functional groups attached to an aromatic ring is 1. The van der Waals surface area contributed by atoms with Gasteiger partial charge in [-0.2, -0.15) is 0 Å². The maximum atomic E-state index is 9.57. The van der Waals surface area contributed by atoms with Crippen LogP contribution in [-0.2, 0) is 6.54 Å². The molecule has 0 atom stereocenters. The van der Waals surface area contributed by atoms with Gasteiger partial charge in [0.1, 0.15) is 5.75 Å². The Bertz CT molecular complexity index is 321. The second-order valence-electron chi connectivity index (χ2n) is 3.90. The molecule has 76 valence electrons. The Kier molecular flexibility index (Phi) is 2.59. The molecule has 0 amide bonds. The summed E-state index contributed by atoms with van der Waals surface area (Å²) >= 11 is 0. The summed E-state index contributed by atoms with van der Waals surface area (Å²) in [5, 5.41) is 13.0. The first-order chi connectivity index (χ1) is 6.75. The Labute approximate surface area is 83.9 Å². The summed E-state index contributed by atoms with van der Waals surface area (Å²) in [5.41, 5.74) is 7.07. The molecule has 1 aliphatic rings. The molecular weight excluding hydrogens is 176 g/mol. The van der Waals surface area contributed by atoms with Crippen molar-refractivity contribution >= 4 is 5.69 Å². The minimum absolute atomic E-state index is 0.289. The predicted octanol–water partition coefficient (Wildman–Crippen LogP) is 1.62. The first-order valence-corrected chi connectivity index (χ1v) is 5.06. The fourth-order valence-electron chi connectivity index (χ4n) is 1.60. The van der Waals surface area contributed by atoms with Crippen LogP contribution in [0, 0.1) is 0 Å². The lowest BCUT2D eigenvalue weighted by atomic mass is 9.93. The molecule has 1 fully saturated rings. The second kappa shape index (κ2) is 3.88. The number of benzene rings is 1. The molecule has 14 heavy (non-hydrogen) atoms. The highest BCUT2D eigenvalue weighted by Crippen LogP contribution is 2.22. The molecule has 1 aliphatic carbocycles. The predicted molar refractivity (Wildman–Crippen MR) is 57.0 cm³/mol. The van der Waals surface area contributed by atoms with Crippen LogP contribution in [0.15, 0.2) is 18.2 Å². The van der Waals surface area contributed by atoms with Gasteiger partial charge in [0.15, 0.2) is 0 Å². The molecular formula is C11H16N2O. The van der Waals surface area contributed by atoms with Crippen molar-refractivity contribution in [1.82, 2.24) is 5.32 Å². The smallest absolute Gasteiger partial charge is 0.122 e. The van der Waals surface area contributed by atoms with Gasteiger partial charge < -0.3 is 16.2 Å². The number of phenolic OH excluding ortho intramolecular Hbond substituents is 1. The van der Waals surface area contributed by atoms with Crippen molar-refractivity contribution < 1.29 is 5.11 Å². The first-order valence-electron chi connectivity index (χ1n) is 5.06. The monoisotopic (exact) mass is 192 g/mol. The molecule has 0 aliphatic heterocycles. The molecule has 0 unspecified atom stereocenters. The van der Waals surface area contributed by atoms with Gasteiger partial charge in [-0.1, -0.05) is 12.5 Å². The number of aromatic hydroxyl groups is 1. The standard InChI is InChI=1S/C11H16N2O/c12-9-5-4-8(11(14)6-9)7-13-10-2-1-3-10/h4-6,10,13-14H,1-3,7,12H2. The lowest BCUT2D eigenvalue weighted by molar-refractivity contribution is 0.336. The van der Waals surface area contributed by atoms with Gasteiger partial charge in [-0.3, -0.25) is 0 Å². The Balaban J connectivity index is 1.94. The maximum Gasteiger partial charge on any atom is 0.122 e. The molecule has 3 heteroatoms. The van der Waals surface area contributed by atoms with E-state index in [1.165, 1.54) is 19.3 Å². The normalized spacial score (nSPS) is 16.6. The zero-order valence-electron chi connectivity index (χ0n) is 8.16. The number of rotatable bonds is 3. The van der Waals surface area contributed by atoms with Crippen LogP contribution in [0.2, 0.25) is 0 Å². The third-order valence-electron chi connectivity index (χ3n) is 2.80. The molecule has 4 N–H and O–H groups in total. The van der Waals surface area contributed by atoms with Crippen LogP contribution in [0.3, 0.4) is 0 Å². The van der Waals surface area contributed by atoms with Crippen molar-refractivity contribution in [3.05, 3.63) is 23.8 Å². The zero-order valence-corrected chi connectivity index (χ0v) is 8.16. The molecule has 0 bridgehead atoms. The summed E-state index contributed by atoms with van der Waals surface area (Å²) in [7, 11) is 0. The summed E-state index contributed by atoms with van der Waals surface area (Å²) in [6.45, 7) is 0.733. The Morgan fingerprint density at radius 3 is 2.79 bits per heavy atom. The van der Waals surface area contributed by atoms with Crippen LogP contribution < -0.4 is 11.1 Å². The van der Waals surface area contributed by atoms with E-state index in [4.69, 9.17) is 5.73 Å². The van der Waals surface area contributed by atoms with Crippen LogP contribution in [-0.4, -0.2) is 11.1 Å². The number of hydrogen-bond acceptors (Lipinski definition) is 3. The number of nitrogens with one attached hydrogen (secondary N) is 1. The number of hydrogen-bond donors (Lipinski definition) is 3. The van der Waals surface area contributed by atoms with Gasteiger partial charge >= 0.3 is 0 Å². The third-order valence-corrected chi connectivity index (χ3v) is 2.80. The average Bonchev–Trinajstić information content (AvgIpc) is 2.05. The highest BCUT2D eigenvalue weighted by molar-refractivity contribution is 5.47. The summed E-state index contributed by atoms with van der Waals surface area (Å²) in [5.74, 6) is 0.289. The van der Waals surface area contributed by atoms with Crippen LogP contribution in [0.1, 0.15) is 24.8 Å². The van der Waals surface area contributed by atoms with Gasteiger partial charge in [0.2, 0.25) is 0 Å². The molecule has 0 saturated heterocycles. The van der Waals surface area contributed by atoms with Crippen molar-refractivity contribution in [2.24, 2.45) is 0 Å². The number of phenols is 1. The topological polar surface area (TPSA) is 58.3 Å². The van der Waals surface area contributed by atoms with Crippen molar-refractivity contribution in [3.8, 4) is 5.75 Å². The third kappa shape index (κ3) is 1.99. The summed E-state index contributed by atoms with van der Waals surface area (Å²) in [4.78, 5) is 0. The average molecular weight is 192 g/mol. The molecule has 0 heterocycles. The van der Waals surface area contributed by atoms with Crippen LogP contribution in [0.25, 0.3) is 0 Å². The maximum absolute atomic E-state index is 9.57. The van der Waals surface area contributed by atoms with Gasteiger partial charge in [-0.15, -0.1) is 0 Å². The molecule has 3 nitrogen and oxygen atoms in total. The lowest BCUT2D eigenvalue weighted by Gasteiger charge is -2.26. The van der Waals surface area contributed by atoms with Gasteiger partial charge in [0, 0.05) is 29.9 Å². The Hall–Kier alpha value is -1.22. The van der Waals surface area contributed by atoms with Crippen molar-refractivity contribution in [1.29, 1.82) is 0 Å². The molecule has 0 aromatic heterocycles. The van der Waals surface area contributed by atoms with Gasteiger partial charge in [0.05, 0.1) is 0 Å². The van der Waals surface area contributed by atoms with E-state index in [9.17, 15) is 5.11 Å². The van der Waals surface area contributed by atoms with E-state index in [0.29, 0.717) is 11.7 Å². The summed E-state index contributed by atoms with van der Waals surface area (Å²) in [6.07, 6.45) is 3.84. The number of nitrogens with two attached hydrogens (primary N) is 1. The fourth-order valence-corrected chi connectivity index (χ4v) is 1.60. The quantitative estimate of drug-likeness (QED) is 0.638. The molecule has 1 aromatic rings. The van der Waals surface area contributed by atoms with Crippen molar-refractivity contribution in [3.63, 3.8) is 0 Å². The van der Waals surface area contributed by atoms with E-state index in [0.717, 1.165) is 12.1 Å². The molecule has 1 saturated carbocycles. The zero-order chi connectivity index (χ0) is 9.97. The molecule has 0 spiro atoms. The van der Waals surface area contributed by atoms with Crippen LogP contribution in [0.5, 0.6) is 5.75 Å². The van der Waals surface area contributed by atoms with Gasteiger partial charge in [0.25, 0.3) is 0 Å². The van der Waals surface area contributed by atoms with Crippen LogP contribution >= 0.6 is 0 Å².